The number of rotatable bonds is 6. The molecule has 0 spiro atoms. The van der Waals surface area contributed by atoms with Crippen LogP contribution in [0.15, 0.2) is 41.4 Å². The van der Waals surface area contributed by atoms with Crippen molar-refractivity contribution in [1.82, 2.24) is 9.78 Å². The Hall–Kier alpha value is -1.75. The number of carbonyl (C=O) groups excluding carboxylic acids is 1. The minimum Gasteiger partial charge on any atom is -0.325 e. The summed E-state index contributed by atoms with van der Waals surface area (Å²) >= 11 is 1.73. The van der Waals surface area contributed by atoms with Crippen LogP contribution in [-0.2, 0) is 18.3 Å². The Labute approximate surface area is 123 Å². The van der Waals surface area contributed by atoms with E-state index in [4.69, 9.17) is 0 Å². The van der Waals surface area contributed by atoms with E-state index in [0.29, 0.717) is 12.8 Å². The molecule has 0 saturated heterocycles. The first-order valence-corrected chi connectivity index (χ1v) is 7.68. The number of para-hydroxylation sites is 1. The highest BCUT2D eigenvalue weighted by molar-refractivity contribution is 7.99. The van der Waals surface area contributed by atoms with Gasteiger partial charge in [0.05, 0.1) is 5.69 Å². The van der Waals surface area contributed by atoms with Gasteiger partial charge >= 0.3 is 0 Å². The summed E-state index contributed by atoms with van der Waals surface area (Å²) in [5, 5.41) is 7.09. The first-order chi connectivity index (χ1) is 9.70. The molecular formula is C15H19N3OS. The van der Waals surface area contributed by atoms with Crippen LogP contribution in [0, 0.1) is 0 Å². The molecule has 106 valence electrons. The first-order valence-electron chi connectivity index (χ1n) is 6.69. The second-order valence-corrected chi connectivity index (χ2v) is 5.73. The van der Waals surface area contributed by atoms with Crippen LogP contribution in [0.25, 0.3) is 0 Å². The number of amides is 1. The quantitative estimate of drug-likeness (QED) is 0.831. The summed E-state index contributed by atoms with van der Waals surface area (Å²) in [6.45, 7) is 2.10. The van der Waals surface area contributed by atoms with Crippen molar-refractivity contribution in [3.63, 3.8) is 0 Å². The lowest BCUT2D eigenvalue weighted by Gasteiger charge is -2.10. The van der Waals surface area contributed by atoms with Gasteiger partial charge < -0.3 is 5.32 Å². The average Bonchev–Trinajstić information content (AvgIpc) is 2.84. The van der Waals surface area contributed by atoms with E-state index < -0.39 is 0 Å². The van der Waals surface area contributed by atoms with E-state index in [1.165, 1.54) is 0 Å². The zero-order valence-electron chi connectivity index (χ0n) is 11.8. The Kier molecular flexibility index (Phi) is 5.24. The highest BCUT2D eigenvalue weighted by Crippen LogP contribution is 2.26. The summed E-state index contributed by atoms with van der Waals surface area (Å²) in [6.07, 6.45) is 2.91. The maximum absolute atomic E-state index is 12.0. The normalized spacial score (nSPS) is 10.5. The highest BCUT2D eigenvalue weighted by Gasteiger charge is 2.08. The Morgan fingerprint density at radius 1 is 1.35 bits per heavy atom. The van der Waals surface area contributed by atoms with Crippen LogP contribution in [0.1, 0.15) is 19.0 Å². The van der Waals surface area contributed by atoms with Gasteiger partial charge in [0.1, 0.15) is 0 Å². The molecule has 0 aliphatic rings. The molecule has 0 radical (unpaired) electrons. The number of anilines is 1. The lowest BCUT2D eigenvalue weighted by molar-refractivity contribution is -0.116. The minimum absolute atomic E-state index is 0.0374. The van der Waals surface area contributed by atoms with Crippen molar-refractivity contribution in [1.29, 1.82) is 0 Å². The molecule has 0 aliphatic heterocycles. The standard InChI is InChI=1S/C15H19N3OS/c1-3-20-14-7-5-4-6-13(14)17-15(19)9-8-12-10-11-16-18(12)2/h4-7,10-11H,3,8-9H2,1-2H3,(H,17,19). The number of benzene rings is 1. The molecule has 4 nitrogen and oxygen atoms in total. The van der Waals surface area contributed by atoms with Gasteiger partial charge in [0, 0.05) is 30.3 Å². The minimum atomic E-state index is 0.0374. The van der Waals surface area contributed by atoms with E-state index in [0.717, 1.165) is 22.0 Å². The number of aromatic nitrogens is 2. The molecule has 0 saturated carbocycles. The summed E-state index contributed by atoms with van der Waals surface area (Å²) in [6, 6.07) is 9.85. The summed E-state index contributed by atoms with van der Waals surface area (Å²) < 4.78 is 1.80. The SMILES string of the molecule is CCSc1ccccc1NC(=O)CCc1ccnn1C. The lowest BCUT2D eigenvalue weighted by atomic mass is 10.2. The monoisotopic (exact) mass is 289 g/mol. The number of aryl methyl sites for hydroxylation is 2. The highest BCUT2D eigenvalue weighted by atomic mass is 32.2. The van der Waals surface area contributed by atoms with E-state index in [2.05, 4.69) is 17.3 Å². The Bertz CT molecular complexity index is 580. The van der Waals surface area contributed by atoms with Crippen LogP contribution in [-0.4, -0.2) is 21.4 Å². The summed E-state index contributed by atoms with van der Waals surface area (Å²) in [5.74, 6) is 1.03. The molecule has 0 fully saturated rings. The van der Waals surface area contributed by atoms with Gasteiger partial charge in [-0.1, -0.05) is 19.1 Å². The molecule has 0 atom stereocenters. The Morgan fingerprint density at radius 3 is 2.85 bits per heavy atom. The van der Waals surface area contributed by atoms with Crippen molar-refractivity contribution in [2.24, 2.45) is 7.05 Å². The molecule has 5 heteroatoms. The fraction of sp³-hybridized carbons (Fsp3) is 0.333. The van der Waals surface area contributed by atoms with E-state index in [1.54, 1.807) is 22.6 Å². The summed E-state index contributed by atoms with van der Waals surface area (Å²) in [7, 11) is 1.89. The smallest absolute Gasteiger partial charge is 0.224 e. The van der Waals surface area contributed by atoms with Crippen LogP contribution in [0.4, 0.5) is 5.69 Å². The second kappa shape index (κ2) is 7.14. The molecule has 1 aromatic heterocycles. The van der Waals surface area contributed by atoms with Gasteiger partial charge in [0.2, 0.25) is 5.91 Å². The van der Waals surface area contributed by atoms with E-state index >= 15 is 0 Å². The van der Waals surface area contributed by atoms with Crippen molar-refractivity contribution in [2.45, 2.75) is 24.7 Å². The molecule has 2 aromatic rings. The maximum Gasteiger partial charge on any atom is 0.224 e. The number of nitrogens with zero attached hydrogens (tertiary/aromatic N) is 2. The van der Waals surface area contributed by atoms with Crippen LogP contribution in [0.3, 0.4) is 0 Å². The molecule has 1 aromatic carbocycles. The molecule has 0 aliphatic carbocycles. The summed E-state index contributed by atoms with van der Waals surface area (Å²) in [5.41, 5.74) is 1.96. The molecule has 2 rings (SSSR count). The third-order valence-electron chi connectivity index (χ3n) is 2.99. The van der Waals surface area contributed by atoms with Crippen molar-refractivity contribution >= 4 is 23.4 Å². The number of thioether (sulfide) groups is 1. The molecular weight excluding hydrogens is 270 g/mol. The molecule has 20 heavy (non-hydrogen) atoms. The molecule has 0 bridgehead atoms. The van der Waals surface area contributed by atoms with E-state index in [1.807, 2.05) is 37.4 Å². The molecule has 0 unspecified atom stereocenters. The third-order valence-corrected chi connectivity index (χ3v) is 3.95. The topological polar surface area (TPSA) is 46.9 Å². The van der Waals surface area contributed by atoms with Gasteiger partial charge in [0.15, 0.2) is 0 Å². The number of hydrogen-bond donors (Lipinski definition) is 1. The lowest BCUT2D eigenvalue weighted by Crippen LogP contribution is -2.13. The van der Waals surface area contributed by atoms with Crippen LogP contribution >= 0.6 is 11.8 Å². The summed E-state index contributed by atoms with van der Waals surface area (Å²) in [4.78, 5) is 13.1. The molecule has 1 N–H and O–H groups in total. The molecule has 1 amide bonds. The van der Waals surface area contributed by atoms with Crippen LogP contribution < -0.4 is 5.32 Å². The van der Waals surface area contributed by atoms with Crippen LogP contribution in [0.2, 0.25) is 0 Å². The van der Waals surface area contributed by atoms with E-state index in [9.17, 15) is 4.79 Å². The van der Waals surface area contributed by atoms with Crippen molar-refractivity contribution in [3.8, 4) is 0 Å². The average molecular weight is 289 g/mol. The fourth-order valence-electron chi connectivity index (χ4n) is 1.95. The van der Waals surface area contributed by atoms with E-state index in [-0.39, 0.29) is 5.91 Å². The fourth-order valence-corrected chi connectivity index (χ4v) is 2.71. The number of nitrogens with one attached hydrogen (secondary N) is 1. The number of carbonyl (C=O) groups is 1. The van der Waals surface area contributed by atoms with Crippen molar-refractivity contribution < 1.29 is 4.79 Å². The van der Waals surface area contributed by atoms with Gasteiger partial charge in [-0.3, -0.25) is 9.48 Å². The maximum atomic E-state index is 12.0. The third kappa shape index (κ3) is 3.87. The zero-order chi connectivity index (χ0) is 14.4. The first kappa shape index (κ1) is 14.7. The zero-order valence-corrected chi connectivity index (χ0v) is 12.6. The van der Waals surface area contributed by atoms with Gasteiger partial charge in [0.25, 0.3) is 0 Å². The predicted molar refractivity (Wildman–Crippen MR) is 83.0 cm³/mol. The molecule has 1 heterocycles. The van der Waals surface area contributed by atoms with Gasteiger partial charge in [-0.2, -0.15) is 5.10 Å². The Balaban J connectivity index is 1.93. The van der Waals surface area contributed by atoms with Gasteiger partial charge in [-0.25, -0.2) is 0 Å². The van der Waals surface area contributed by atoms with Gasteiger partial charge in [-0.15, -0.1) is 11.8 Å². The largest absolute Gasteiger partial charge is 0.325 e. The van der Waals surface area contributed by atoms with Gasteiger partial charge in [-0.05, 0) is 30.4 Å². The predicted octanol–water partition coefficient (Wildman–Crippen LogP) is 3.10. The van der Waals surface area contributed by atoms with Crippen molar-refractivity contribution in [2.75, 3.05) is 11.1 Å². The second-order valence-electron chi connectivity index (χ2n) is 4.42. The van der Waals surface area contributed by atoms with Crippen molar-refractivity contribution in [3.05, 3.63) is 42.2 Å². The number of hydrogen-bond acceptors (Lipinski definition) is 3. The van der Waals surface area contributed by atoms with Crippen LogP contribution in [0.5, 0.6) is 0 Å². The Morgan fingerprint density at radius 2 is 2.15 bits per heavy atom.